The highest BCUT2D eigenvalue weighted by Gasteiger charge is 2.33. The molecule has 1 aromatic carbocycles. The summed E-state index contributed by atoms with van der Waals surface area (Å²) in [5, 5.41) is 8.31. The average molecular weight is 407 g/mol. The Morgan fingerprint density at radius 1 is 1.14 bits per heavy atom. The molecule has 2 aromatic rings. The molecule has 0 aliphatic carbocycles. The largest absolute Gasteiger partial charge is 0.490 e. The van der Waals surface area contributed by atoms with Crippen molar-refractivity contribution in [2.75, 3.05) is 26.3 Å². The van der Waals surface area contributed by atoms with Crippen LogP contribution in [0.2, 0.25) is 0 Å². The van der Waals surface area contributed by atoms with Gasteiger partial charge in [0, 0.05) is 37.5 Å². The van der Waals surface area contributed by atoms with Crippen molar-refractivity contribution in [3.63, 3.8) is 0 Å². The normalized spacial score (nSPS) is 20.9. The third kappa shape index (κ3) is 3.60. The molecular weight excluding hydrogens is 380 g/mol. The van der Waals surface area contributed by atoms with E-state index in [0.29, 0.717) is 37.8 Å². The minimum Gasteiger partial charge on any atom is -0.490 e. The van der Waals surface area contributed by atoms with Crippen molar-refractivity contribution in [3.8, 4) is 11.5 Å². The molecule has 9 heteroatoms. The van der Waals surface area contributed by atoms with Gasteiger partial charge in [-0.2, -0.15) is 4.31 Å². The van der Waals surface area contributed by atoms with Gasteiger partial charge in [0.05, 0.1) is 18.1 Å². The minimum atomic E-state index is -3.62. The maximum atomic E-state index is 13.3. The van der Waals surface area contributed by atoms with Gasteiger partial charge in [-0.05, 0) is 38.8 Å². The first kappa shape index (κ1) is 19.2. The van der Waals surface area contributed by atoms with Gasteiger partial charge in [-0.25, -0.2) is 8.42 Å². The molecule has 1 fully saturated rings. The average Bonchev–Trinajstić information content (AvgIpc) is 3.07. The third-order valence-electron chi connectivity index (χ3n) is 5.26. The molecular formula is C19H26N4O4S. The van der Waals surface area contributed by atoms with E-state index in [4.69, 9.17) is 9.47 Å². The van der Waals surface area contributed by atoms with Crippen LogP contribution in [-0.4, -0.2) is 53.8 Å². The summed E-state index contributed by atoms with van der Waals surface area (Å²) >= 11 is 0. The van der Waals surface area contributed by atoms with Crippen molar-refractivity contribution in [1.29, 1.82) is 0 Å². The van der Waals surface area contributed by atoms with E-state index in [0.717, 1.165) is 25.1 Å². The highest BCUT2D eigenvalue weighted by Crippen LogP contribution is 2.35. The summed E-state index contributed by atoms with van der Waals surface area (Å²) in [5.74, 6) is 1.98. The highest BCUT2D eigenvalue weighted by atomic mass is 32.2. The predicted octanol–water partition coefficient (Wildman–Crippen LogP) is 2.59. The van der Waals surface area contributed by atoms with Gasteiger partial charge in [-0.1, -0.05) is 0 Å². The Balaban J connectivity index is 1.59. The fourth-order valence-corrected chi connectivity index (χ4v) is 5.31. The quantitative estimate of drug-likeness (QED) is 0.776. The van der Waals surface area contributed by atoms with Crippen molar-refractivity contribution < 1.29 is 17.9 Å². The standard InChI is InChI=1S/C19H26N4O4S/c1-14(2)23-13-20-21-19(23)15-5-3-8-22(12-15)28(24,25)16-6-7-17-18(11-16)27-10-4-9-26-17/h6-7,11,13-15H,3-5,8-10,12H2,1-2H3. The van der Waals surface area contributed by atoms with Gasteiger partial charge < -0.3 is 14.0 Å². The molecule has 1 unspecified atom stereocenters. The van der Waals surface area contributed by atoms with E-state index in [-0.39, 0.29) is 16.9 Å². The second kappa shape index (κ2) is 7.71. The molecule has 152 valence electrons. The lowest BCUT2D eigenvalue weighted by Gasteiger charge is -2.32. The van der Waals surface area contributed by atoms with Crippen LogP contribution in [0.25, 0.3) is 0 Å². The number of hydrogen-bond donors (Lipinski definition) is 0. The van der Waals surface area contributed by atoms with E-state index in [2.05, 4.69) is 24.0 Å². The van der Waals surface area contributed by atoms with Crippen molar-refractivity contribution >= 4 is 10.0 Å². The Morgan fingerprint density at radius 2 is 1.93 bits per heavy atom. The predicted molar refractivity (Wildman–Crippen MR) is 103 cm³/mol. The van der Waals surface area contributed by atoms with Crippen molar-refractivity contribution in [1.82, 2.24) is 19.1 Å². The number of rotatable bonds is 4. The summed E-state index contributed by atoms with van der Waals surface area (Å²) in [7, 11) is -3.62. The van der Waals surface area contributed by atoms with Crippen LogP contribution in [-0.2, 0) is 10.0 Å². The Kier molecular flexibility index (Phi) is 5.29. The lowest BCUT2D eigenvalue weighted by atomic mass is 9.98. The summed E-state index contributed by atoms with van der Waals surface area (Å²) in [5.41, 5.74) is 0. The molecule has 0 N–H and O–H groups in total. The van der Waals surface area contributed by atoms with Gasteiger partial charge in [0.25, 0.3) is 0 Å². The summed E-state index contributed by atoms with van der Waals surface area (Å²) in [6.07, 6.45) is 4.19. The van der Waals surface area contributed by atoms with Crippen LogP contribution in [0.15, 0.2) is 29.4 Å². The van der Waals surface area contributed by atoms with E-state index in [1.54, 1.807) is 28.8 Å². The zero-order chi connectivity index (χ0) is 19.7. The SMILES string of the molecule is CC(C)n1cnnc1C1CCCN(S(=O)(=O)c2ccc3c(c2)OCCCO3)C1. The molecule has 0 bridgehead atoms. The maximum Gasteiger partial charge on any atom is 0.243 e. The summed E-state index contributed by atoms with van der Waals surface area (Å²) in [4.78, 5) is 0.239. The van der Waals surface area contributed by atoms with Crippen molar-refractivity contribution in [3.05, 3.63) is 30.4 Å². The first-order valence-corrected chi connectivity index (χ1v) is 11.2. The molecule has 1 atom stereocenters. The molecule has 28 heavy (non-hydrogen) atoms. The van der Waals surface area contributed by atoms with Gasteiger partial charge in [0.15, 0.2) is 11.5 Å². The summed E-state index contributed by atoms with van der Waals surface area (Å²) < 4.78 is 41.4. The lowest BCUT2D eigenvalue weighted by Crippen LogP contribution is -2.39. The van der Waals surface area contributed by atoms with E-state index < -0.39 is 10.0 Å². The van der Waals surface area contributed by atoms with Gasteiger partial charge in [0.1, 0.15) is 12.2 Å². The topological polar surface area (TPSA) is 86.6 Å². The Labute approximate surface area is 165 Å². The zero-order valence-electron chi connectivity index (χ0n) is 16.2. The second-order valence-corrected chi connectivity index (χ2v) is 9.49. The zero-order valence-corrected chi connectivity index (χ0v) is 17.1. The molecule has 8 nitrogen and oxygen atoms in total. The second-order valence-electron chi connectivity index (χ2n) is 7.55. The smallest absolute Gasteiger partial charge is 0.243 e. The summed E-state index contributed by atoms with van der Waals surface area (Å²) in [6, 6.07) is 5.10. The molecule has 2 aliphatic heterocycles. The Bertz CT molecular complexity index is 941. The van der Waals surface area contributed by atoms with Crippen LogP contribution >= 0.6 is 0 Å². The fourth-order valence-electron chi connectivity index (χ4n) is 3.77. The number of nitrogens with zero attached hydrogens (tertiary/aromatic N) is 4. The van der Waals surface area contributed by atoms with Crippen molar-refractivity contribution in [2.45, 2.75) is 50.0 Å². The van der Waals surface area contributed by atoms with Crippen molar-refractivity contribution in [2.24, 2.45) is 0 Å². The van der Waals surface area contributed by atoms with E-state index in [1.165, 1.54) is 0 Å². The Hall–Kier alpha value is -2.13. The molecule has 1 aromatic heterocycles. The number of hydrogen-bond acceptors (Lipinski definition) is 6. The maximum absolute atomic E-state index is 13.3. The number of fused-ring (bicyclic) bond motifs is 1. The van der Waals surface area contributed by atoms with Gasteiger partial charge in [-0.3, -0.25) is 0 Å². The molecule has 0 amide bonds. The molecule has 1 saturated heterocycles. The molecule has 2 aliphatic rings. The van der Waals surface area contributed by atoms with Crippen LogP contribution in [0.5, 0.6) is 11.5 Å². The van der Waals surface area contributed by atoms with E-state index in [9.17, 15) is 8.42 Å². The van der Waals surface area contributed by atoms with E-state index in [1.807, 2.05) is 4.57 Å². The van der Waals surface area contributed by atoms with Crippen LogP contribution < -0.4 is 9.47 Å². The van der Waals surface area contributed by atoms with Gasteiger partial charge >= 0.3 is 0 Å². The summed E-state index contributed by atoms with van der Waals surface area (Å²) in [6.45, 7) is 6.14. The van der Waals surface area contributed by atoms with Crippen LogP contribution in [0, 0.1) is 0 Å². The monoisotopic (exact) mass is 406 g/mol. The first-order chi connectivity index (χ1) is 13.5. The fraction of sp³-hybridized carbons (Fsp3) is 0.579. The Morgan fingerprint density at radius 3 is 2.71 bits per heavy atom. The number of sulfonamides is 1. The lowest BCUT2D eigenvalue weighted by molar-refractivity contribution is 0.296. The van der Waals surface area contributed by atoms with Crippen LogP contribution in [0.4, 0.5) is 0 Å². The molecule has 0 spiro atoms. The van der Waals surface area contributed by atoms with Crippen LogP contribution in [0.1, 0.15) is 50.9 Å². The van der Waals surface area contributed by atoms with Gasteiger partial charge in [0.2, 0.25) is 10.0 Å². The molecule has 4 rings (SSSR count). The first-order valence-electron chi connectivity index (χ1n) is 9.76. The molecule has 3 heterocycles. The molecule has 0 saturated carbocycles. The number of benzene rings is 1. The van der Waals surface area contributed by atoms with Gasteiger partial charge in [-0.15, -0.1) is 10.2 Å². The number of aromatic nitrogens is 3. The highest BCUT2D eigenvalue weighted by molar-refractivity contribution is 7.89. The van der Waals surface area contributed by atoms with E-state index >= 15 is 0 Å². The molecule has 0 radical (unpaired) electrons. The van der Waals surface area contributed by atoms with Crippen LogP contribution in [0.3, 0.4) is 0 Å². The number of ether oxygens (including phenoxy) is 2. The number of piperidine rings is 1. The third-order valence-corrected chi connectivity index (χ3v) is 7.12. The minimum absolute atomic E-state index is 0.0360.